The number of sulfonamides is 1. The molecule has 11 heteroatoms. The average Bonchev–Trinajstić information content (AvgIpc) is 3.20. The number of carboxylic acids is 1. The number of nitrogens with one attached hydrogen (secondary N) is 3. The predicted molar refractivity (Wildman–Crippen MR) is 140 cm³/mol. The van der Waals surface area contributed by atoms with E-state index in [2.05, 4.69) is 15.5 Å². The number of rotatable bonds is 10. The quantitative estimate of drug-likeness (QED) is 0.181. The fourth-order valence-electron chi connectivity index (χ4n) is 3.70. The van der Waals surface area contributed by atoms with Crippen molar-refractivity contribution < 1.29 is 28.0 Å². The van der Waals surface area contributed by atoms with Crippen molar-refractivity contribution in [1.82, 2.24) is 9.79 Å². The molecule has 1 aliphatic heterocycles. The molecule has 1 heterocycles. The zero-order valence-electron chi connectivity index (χ0n) is 20.2. The summed E-state index contributed by atoms with van der Waals surface area (Å²) < 4.78 is 25.0. The molecule has 0 aliphatic carbocycles. The van der Waals surface area contributed by atoms with Crippen molar-refractivity contribution in [2.75, 3.05) is 37.9 Å². The van der Waals surface area contributed by atoms with Crippen LogP contribution < -0.4 is 15.5 Å². The second-order valence-corrected chi connectivity index (χ2v) is 10.2. The number of fused-ring (bicyclic) bond motifs is 1. The van der Waals surface area contributed by atoms with E-state index >= 15 is 0 Å². The summed E-state index contributed by atoms with van der Waals surface area (Å²) in [6.45, 7) is 0.744. The van der Waals surface area contributed by atoms with E-state index in [9.17, 15) is 23.1 Å². The molecule has 3 aromatic carbocycles. The van der Waals surface area contributed by atoms with Gasteiger partial charge >= 0.3 is 5.97 Å². The molecule has 4 N–H and O–H groups in total. The molecule has 0 spiro atoms. The third-order valence-corrected chi connectivity index (χ3v) is 6.80. The Hall–Kier alpha value is -4.03. The van der Waals surface area contributed by atoms with Gasteiger partial charge in [0.2, 0.25) is 0 Å². The second-order valence-electron chi connectivity index (χ2n) is 8.52. The summed E-state index contributed by atoms with van der Waals surface area (Å²) in [5.74, 6) is -1.48. The lowest BCUT2D eigenvalue weighted by atomic mass is 9.99. The van der Waals surface area contributed by atoms with Crippen LogP contribution in [0, 0.1) is 0 Å². The number of nitrogens with zero attached hydrogens (tertiary/aromatic N) is 1. The number of hydrogen-bond donors (Lipinski definition) is 4. The molecule has 4 rings (SSSR count). The van der Waals surface area contributed by atoms with Gasteiger partial charge in [0.25, 0.3) is 15.9 Å². The summed E-state index contributed by atoms with van der Waals surface area (Å²) in [5, 5.41) is 15.3. The van der Waals surface area contributed by atoms with E-state index in [1.807, 2.05) is 49.3 Å². The fourth-order valence-corrected chi connectivity index (χ4v) is 4.52. The monoisotopic (exact) mass is 522 g/mol. The zero-order valence-corrected chi connectivity index (χ0v) is 21.0. The molecule has 0 aromatic heterocycles. The van der Waals surface area contributed by atoms with Gasteiger partial charge in [-0.3, -0.25) is 9.63 Å². The molecule has 0 fully saturated rings. The molecule has 37 heavy (non-hydrogen) atoms. The number of likely N-dealkylation sites (N-methyl/N-ethyl adjacent to an activating group) is 1. The summed E-state index contributed by atoms with van der Waals surface area (Å²) in [6.07, 6.45) is 0. The van der Waals surface area contributed by atoms with Crippen molar-refractivity contribution in [2.45, 2.75) is 4.90 Å². The topological polar surface area (TPSA) is 137 Å². The molecule has 0 saturated carbocycles. The highest BCUT2D eigenvalue weighted by atomic mass is 32.2. The van der Waals surface area contributed by atoms with Crippen LogP contribution in [0.2, 0.25) is 0 Å². The van der Waals surface area contributed by atoms with Gasteiger partial charge in [-0.05, 0) is 56.1 Å². The number of carbonyl (C=O) groups excluding carboxylic acids is 1. The van der Waals surface area contributed by atoms with E-state index < -0.39 is 16.0 Å². The van der Waals surface area contributed by atoms with Gasteiger partial charge in [-0.1, -0.05) is 41.3 Å². The number of carboxylic acid groups (broad SMARTS) is 1. The van der Waals surface area contributed by atoms with Crippen molar-refractivity contribution in [3.8, 4) is 0 Å². The average molecular weight is 523 g/mol. The van der Waals surface area contributed by atoms with Gasteiger partial charge in [0.05, 0.1) is 34.0 Å². The Labute approximate surface area is 214 Å². The molecule has 1 aliphatic rings. The van der Waals surface area contributed by atoms with Crippen LogP contribution in [0.4, 0.5) is 11.4 Å². The predicted octanol–water partition coefficient (Wildman–Crippen LogP) is 3.09. The summed E-state index contributed by atoms with van der Waals surface area (Å²) in [5.41, 5.74) is 3.10. The molecule has 0 radical (unpaired) electrons. The summed E-state index contributed by atoms with van der Waals surface area (Å²) in [4.78, 5) is 33.4. The Kier molecular flexibility index (Phi) is 7.69. The minimum atomic E-state index is -3.87. The highest BCUT2D eigenvalue weighted by Crippen LogP contribution is 2.38. The number of hydrogen-bond acceptors (Lipinski definition) is 7. The molecule has 0 unspecified atom stereocenters. The van der Waals surface area contributed by atoms with Crippen LogP contribution in [0.15, 0.2) is 77.7 Å². The largest absolute Gasteiger partial charge is 0.478 e. The Morgan fingerprint density at radius 1 is 1.00 bits per heavy atom. The van der Waals surface area contributed by atoms with Crippen molar-refractivity contribution >= 4 is 44.5 Å². The first-order valence-electron chi connectivity index (χ1n) is 11.3. The first-order valence-corrected chi connectivity index (χ1v) is 12.8. The molecular formula is C26H26N4O6S. The normalized spacial score (nSPS) is 14.3. The van der Waals surface area contributed by atoms with Crippen LogP contribution in [0.1, 0.15) is 21.5 Å². The minimum Gasteiger partial charge on any atom is -0.478 e. The van der Waals surface area contributed by atoms with E-state index in [-0.39, 0.29) is 23.0 Å². The standard InChI is InChI=1S/C26H26N4O6S/c1-30(2)14-15-36-29-37(34,35)20-11-9-19(10-12-20)27-24(17-6-4-3-5-7-17)23-21-13-8-18(26(32)33)16-22(21)28-25(23)31/h3-13,16,27,29H,14-15H2,1-2H3,(H,28,31)(H,32,33)/b24-23+. The van der Waals surface area contributed by atoms with Gasteiger partial charge in [0.1, 0.15) is 0 Å². The first kappa shape index (κ1) is 26.0. The number of benzene rings is 3. The number of amides is 1. The van der Waals surface area contributed by atoms with Gasteiger partial charge < -0.3 is 20.6 Å². The van der Waals surface area contributed by atoms with Crippen LogP contribution in [0.25, 0.3) is 11.3 Å². The molecule has 3 aromatic rings. The first-order chi connectivity index (χ1) is 17.7. The van der Waals surface area contributed by atoms with E-state index in [1.54, 1.807) is 18.2 Å². The summed E-state index contributed by atoms with van der Waals surface area (Å²) in [6, 6.07) is 19.6. The van der Waals surface area contributed by atoms with Crippen molar-refractivity contribution in [3.63, 3.8) is 0 Å². The van der Waals surface area contributed by atoms with Crippen LogP contribution in [-0.4, -0.2) is 57.5 Å². The highest BCUT2D eigenvalue weighted by molar-refractivity contribution is 7.89. The van der Waals surface area contributed by atoms with Gasteiger partial charge in [-0.15, -0.1) is 0 Å². The summed E-state index contributed by atoms with van der Waals surface area (Å²) in [7, 11) is -0.172. The van der Waals surface area contributed by atoms with Gasteiger partial charge in [0.15, 0.2) is 0 Å². The van der Waals surface area contributed by atoms with Crippen molar-refractivity contribution in [2.24, 2.45) is 0 Å². The maximum atomic E-state index is 13.0. The molecule has 192 valence electrons. The minimum absolute atomic E-state index is 0.0157. The number of carbonyl (C=O) groups is 2. The second kappa shape index (κ2) is 10.9. The van der Waals surface area contributed by atoms with Gasteiger partial charge in [-0.25, -0.2) is 13.2 Å². The maximum Gasteiger partial charge on any atom is 0.335 e. The molecule has 10 nitrogen and oxygen atoms in total. The summed E-state index contributed by atoms with van der Waals surface area (Å²) >= 11 is 0. The zero-order chi connectivity index (χ0) is 26.6. The van der Waals surface area contributed by atoms with E-state index in [4.69, 9.17) is 4.84 Å². The molecule has 1 amide bonds. The van der Waals surface area contributed by atoms with E-state index in [0.29, 0.717) is 34.8 Å². The Balaban J connectivity index is 1.65. The van der Waals surface area contributed by atoms with Crippen LogP contribution in [0.5, 0.6) is 0 Å². The van der Waals surface area contributed by atoms with E-state index in [0.717, 1.165) is 5.56 Å². The molecule has 0 bridgehead atoms. The lowest BCUT2D eigenvalue weighted by molar-refractivity contribution is -0.110. The van der Waals surface area contributed by atoms with Crippen molar-refractivity contribution in [3.05, 3.63) is 89.5 Å². The lowest BCUT2D eigenvalue weighted by Gasteiger charge is -2.15. The number of anilines is 2. The third kappa shape index (κ3) is 6.04. The Morgan fingerprint density at radius 2 is 1.70 bits per heavy atom. The lowest BCUT2D eigenvalue weighted by Crippen LogP contribution is -2.28. The smallest absolute Gasteiger partial charge is 0.335 e. The molecule has 0 saturated heterocycles. The molecule has 0 atom stereocenters. The highest BCUT2D eigenvalue weighted by Gasteiger charge is 2.29. The van der Waals surface area contributed by atoms with E-state index in [1.165, 1.54) is 24.3 Å². The third-order valence-electron chi connectivity index (χ3n) is 5.57. The fraction of sp³-hybridized carbons (Fsp3) is 0.154. The Bertz CT molecular complexity index is 1450. The van der Waals surface area contributed by atoms with Crippen LogP contribution in [0.3, 0.4) is 0 Å². The van der Waals surface area contributed by atoms with Crippen molar-refractivity contribution in [1.29, 1.82) is 0 Å². The maximum absolute atomic E-state index is 13.0. The Morgan fingerprint density at radius 3 is 2.35 bits per heavy atom. The van der Waals surface area contributed by atoms with Gasteiger partial charge in [0, 0.05) is 17.8 Å². The van der Waals surface area contributed by atoms with Crippen LogP contribution in [-0.2, 0) is 19.7 Å². The SMILES string of the molecule is CN(C)CCONS(=O)(=O)c1ccc(N/C(=C2/C(=O)Nc3cc(C(=O)O)ccc32)c2ccccc2)cc1. The molecular weight excluding hydrogens is 496 g/mol. The number of aromatic carboxylic acids is 1. The van der Waals surface area contributed by atoms with Gasteiger partial charge in [-0.2, -0.15) is 0 Å². The van der Waals surface area contributed by atoms with Crippen LogP contribution >= 0.6 is 0 Å².